The van der Waals surface area contributed by atoms with Crippen LogP contribution in [0.5, 0.6) is 0 Å². The summed E-state index contributed by atoms with van der Waals surface area (Å²) in [5.41, 5.74) is 8.19. The maximum Gasteiger partial charge on any atom is 0.0973 e. The van der Waals surface area contributed by atoms with Crippen molar-refractivity contribution in [1.82, 2.24) is 10.6 Å². The molecule has 4 N–H and O–H groups in total. The van der Waals surface area contributed by atoms with Gasteiger partial charge in [0.05, 0.1) is 22.6 Å². The van der Waals surface area contributed by atoms with Crippen molar-refractivity contribution in [1.29, 1.82) is 0 Å². The van der Waals surface area contributed by atoms with E-state index in [-0.39, 0.29) is 6.04 Å². The molecule has 0 aromatic heterocycles. The fourth-order valence-electron chi connectivity index (χ4n) is 2.29. The van der Waals surface area contributed by atoms with Gasteiger partial charge in [-0.1, -0.05) is 37.0 Å². The van der Waals surface area contributed by atoms with Gasteiger partial charge in [-0.05, 0) is 32.2 Å². The molecule has 0 bridgehead atoms. The number of nitrogens with one attached hydrogen (secondary N) is 2. The van der Waals surface area contributed by atoms with Gasteiger partial charge in [-0.15, -0.1) is 0 Å². The third kappa shape index (κ3) is 3.34. The van der Waals surface area contributed by atoms with Crippen molar-refractivity contribution in [2.75, 3.05) is 0 Å². The molecular formula is C17H22N4. The summed E-state index contributed by atoms with van der Waals surface area (Å²) in [4.78, 5) is 4.50. The fraction of sp³-hybridized carbons (Fsp3) is 0.235. The number of hydrogen-bond acceptors (Lipinski definition) is 4. The van der Waals surface area contributed by atoms with Gasteiger partial charge in [0.25, 0.3) is 0 Å². The topological polar surface area (TPSA) is 62.4 Å². The average Bonchev–Trinajstić information content (AvgIpc) is 2.48. The Bertz CT molecular complexity index is 590. The Morgan fingerprint density at radius 1 is 1.43 bits per heavy atom. The first-order chi connectivity index (χ1) is 10.1. The van der Waals surface area contributed by atoms with Crippen LogP contribution in [0, 0.1) is 0 Å². The Morgan fingerprint density at radius 3 is 2.86 bits per heavy atom. The molecule has 2 rings (SSSR count). The number of rotatable bonds is 4. The van der Waals surface area contributed by atoms with Crippen molar-refractivity contribution >= 4 is 6.21 Å². The van der Waals surface area contributed by atoms with Crippen LogP contribution in [-0.2, 0) is 0 Å². The number of nitrogens with two attached hydrogens (primary N) is 1. The van der Waals surface area contributed by atoms with E-state index in [0.717, 1.165) is 11.4 Å². The van der Waals surface area contributed by atoms with E-state index in [0.29, 0.717) is 5.70 Å². The van der Waals surface area contributed by atoms with Crippen molar-refractivity contribution < 1.29 is 0 Å². The first-order valence-corrected chi connectivity index (χ1v) is 6.99. The van der Waals surface area contributed by atoms with Crippen LogP contribution in [0.25, 0.3) is 0 Å². The summed E-state index contributed by atoms with van der Waals surface area (Å²) in [5.74, 6) is 0. The van der Waals surface area contributed by atoms with Crippen molar-refractivity contribution in [2.24, 2.45) is 10.7 Å². The Kier molecular flexibility index (Phi) is 4.48. The van der Waals surface area contributed by atoms with Gasteiger partial charge in [0, 0.05) is 12.3 Å². The normalized spacial score (nSPS) is 28.7. The largest absolute Gasteiger partial charge is 0.395 e. The Hall–Kier alpha value is -2.49. The third-order valence-corrected chi connectivity index (χ3v) is 3.41. The lowest BCUT2D eigenvalue weighted by molar-refractivity contribution is 0.562. The number of dihydropyridines is 2. The quantitative estimate of drug-likeness (QED) is 0.693. The molecule has 0 saturated heterocycles. The van der Waals surface area contributed by atoms with Gasteiger partial charge in [-0.2, -0.15) is 0 Å². The predicted molar refractivity (Wildman–Crippen MR) is 89.5 cm³/mol. The third-order valence-electron chi connectivity index (χ3n) is 3.41. The van der Waals surface area contributed by atoms with E-state index in [1.165, 1.54) is 0 Å². The zero-order valence-corrected chi connectivity index (χ0v) is 12.5. The maximum atomic E-state index is 6.38. The van der Waals surface area contributed by atoms with E-state index in [9.17, 15) is 0 Å². The summed E-state index contributed by atoms with van der Waals surface area (Å²) < 4.78 is 0. The zero-order chi connectivity index (χ0) is 15.3. The molecule has 0 saturated carbocycles. The Morgan fingerprint density at radius 2 is 2.24 bits per heavy atom. The molecule has 4 heteroatoms. The highest BCUT2D eigenvalue weighted by Gasteiger charge is 2.29. The smallest absolute Gasteiger partial charge is 0.0973 e. The van der Waals surface area contributed by atoms with Gasteiger partial charge >= 0.3 is 0 Å². The van der Waals surface area contributed by atoms with Crippen LogP contribution in [0.2, 0.25) is 0 Å². The molecule has 0 aromatic rings. The summed E-state index contributed by atoms with van der Waals surface area (Å²) in [7, 11) is 0. The number of aliphatic imine (C=N–C) groups is 1. The van der Waals surface area contributed by atoms with E-state index in [1.807, 2.05) is 43.5 Å². The maximum absolute atomic E-state index is 6.38. The average molecular weight is 282 g/mol. The second-order valence-corrected chi connectivity index (χ2v) is 5.24. The van der Waals surface area contributed by atoms with Crippen molar-refractivity contribution in [3.63, 3.8) is 0 Å². The van der Waals surface area contributed by atoms with Gasteiger partial charge in [0.2, 0.25) is 0 Å². The molecule has 0 aliphatic carbocycles. The summed E-state index contributed by atoms with van der Waals surface area (Å²) >= 11 is 0. The van der Waals surface area contributed by atoms with Crippen molar-refractivity contribution in [3.05, 3.63) is 72.4 Å². The molecular weight excluding hydrogens is 260 g/mol. The van der Waals surface area contributed by atoms with E-state index >= 15 is 0 Å². The summed E-state index contributed by atoms with van der Waals surface area (Å²) in [6.45, 7) is 7.79. The highest BCUT2D eigenvalue weighted by atomic mass is 15.0. The highest BCUT2D eigenvalue weighted by molar-refractivity contribution is 5.72. The molecule has 21 heavy (non-hydrogen) atoms. The van der Waals surface area contributed by atoms with Gasteiger partial charge in [0.15, 0.2) is 0 Å². The molecule has 0 spiro atoms. The lowest BCUT2D eigenvalue weighted by Crippen LogP contribution is -2.42. The first kappa shape index (κ1) is 14.9. The SMILES string of the molecule is C=CC=N/C(=C(\N)C1=CC=CC(C)N1)C1(C)C=CC=CN1. The number of allylic oxidation sites excluding steroid dienone is 5. The molecule has 2 atom stereocenters. The molecule has 0 aromatic carbocycles. The minimum absolute atomic E-state index is 0.246. The monoisotopic (exact) mass is 282 g/mol. The molecule has 0 fully saturated rings. The fourth-order valence-corrected chi connectivity index (χ4v) is 2.29. The van der Waals surface area contributed by atoms with Crippen molar-refractivity contribution in [3.8, 4) is 0 Å². The van der Waals surface area contributed by atoms with Crippen LogP contribution in [0.15, 0.2) is 77.4 Å². The first-order valence-electron chi connectivity index (χ1n) is 6.99. The molecule has 4 nitrogen and oxygen atoms in total. The van der Waals surface area contributed by atoms with Crippen LogP contribution in [-0.4, -0.2) is 17.8 Å². The van der Waals surface area contributed by atoms with E-state index < -0.39 is 5.54 Å². The molecule has 0 radical (unpaired) electrons. The lowest BCUT2D eigenvalue weighted by Gasteiger charge is -2.31. The predicted octanol–water partition coefficient (Wildman–Crippen LogP) is 2.28. The van der Waals surface area contributed by atoms with Crippen LogP contribution in [0.1, 0.15) is 13.8 Å². The summed E-state index contributed by atoms with van der Waals surface area (Å²) in [6, 6.07) is 0.246. The van der Waals surface area contributed by atoms with Crippen LogP contribution < -0.4 is 16.4 Å². The van der Waals surface area contributed by atoms with E-state index in [4.69, 9.17) is 5.73 Å². The Labute approximate surface area is 126 Å². The van der Waals surface area contributed by atoms with Crippen LogP contribution in [0.4, 0.5) is 0 Å². The molecule has 2 unspecified atom stereocenters. The number of hydrogen-bond donors (Lipinski definition) is 3. The molecule has 2 heterocycles. The molecule has 0 amide bonds. The summed E-state index contributed by atoms with van der Waals surface area (Å²) in [5, 5.41) is 6.66. The van der Waals surface area contributed by atoms with Crippen LogP contribution >= 0.6 is 0 Å². The van der Waals surface area contributed by atoms with Gasteiger partial charge in [-0.25, -0.2) is 0 Å². The second kappa shape index (κ2) is 6.31. The second-order valence-electron chi connectivity index (χ2n) is 5.24. The Balaban J connectivity index is 2.46. The molecule has 2 aliphatic heterocycles. The molecule has 2 aliphatic rings. The number of nitrogens with zero attached hydrogens (tertiary/aromatic N) is 1. The van der Waals surface area contributed by atoms with Gasteiger partial charge in [-0.3, -0.25) is 4.99 Å². The van der Waals surface area contributed by atoms with Crippen molar-refractivity contribution in [2.45, 2.75) is 25.4 Å². The lowest BCUT2D eigenvalue weighted by atomic mass is 9.93. The van der Waals surface area contributed by atoms with Gasteiger partial charge in [0.1, 0.15) is 0 Å². The minimum atomic E-state index is -0.453. The highest BCUT2D eigenvalue weighted by Crippen LogP contribution is 2.26. The van der Waals surface area contributed by atoms with Crippen LogP contribution in [0.3, 0.4) is 0 Å². The molecule has 110 valence electrons. The minimum Gasteiger partial charge on any atom is -0.395 e. The van der Waals surface area contributed by atoms with E-state index in [2.05, 4.69) is 35.2 Å². The van der Waals surface area contributed by atoms with Gasteiger partial charge < -0.3 is 16.4 Å². The zero-order valence-electron chi connectivity index (χ0n) is 12.5. The summed E-state index contributed by atoms with van der Waals surface area (Å²) in [6.07, 6.45) is 17.2. The van der Waals surface area contributed by atoms with E-state index in [1.54, 1.807) is 12.3 Å². The standard InChI is InChI=1S/C17H22N4/c1-4-11-19-16(17(3)10-5-6-12-20-17)15(18)14-9-7-8-13(2)21-14/h4-13,20-21H,1,18H2,2-3H3/b16-15-,19-11?.